The Labute approximate surface area is 118 Å². The van der Waals surface area contributed by atoms with Gasteiger partial charge < -0.3 is 20.9 Å². The summed E-state index contributed by atoms with van der Waals surface area (Å²) in [6.45, 7) is 0.833. The summed E-state index contributed by atoms with van der Waals surface area (Å²) in [5.41, 5.74) is 6.56. The van der Waals surface area contributed by atoms with Gasteiger partial charge >= 0.3 is 12.1 Å². The Bertz CT molecular complexity index is 391. The van der Waals surface area contributed by atoms with E-state index in [1.165, 1.54) is 5.57 Å². The van der Waals surface area contributed by atoms with E-state index in [1.807, 2.05) is 6.08 Å². The number of carbonyl (C=O) groups excluding carboxylic acids is 1. The molecule has 0 fully saturated rings. The number of nitrogens with one attached hydrogen (secondary N) is 1. The third kappa shape index (κ3) is 6.94. The Morgan fingerprint density at radius 2 is 2.25 bits per heavy atom. The zero-order valence-electron chi connectivity index (χ0n) is 11.5. The summed E-state index contributed by atoms with van der Waals surface area (Å²) in [6.07, 6.45) is 9.21. The summed E-state index contributed by atoms with van der Waals surface area (Å²) in [4.78, 5) is 21.8. The quantitative estimate of drug-likeness (QED) is 0.557. The summed E-state index contributed by atoms with van der Waals surface area (Å²) in [6, 6.07) is -0.824. The Balaban J connectivity index is 1.94. The molecule has 4 N–H and O–H groups in total. The summed E-state index contributed by atoms with van der Waals surface area (Å²) < 4.78 is 5.03. The molecular formula is C14H22N2O4. The van der Waals surface area contributed by atoms with Crippen LogP contribution < -0.4 is 11.1 Å². The lowest BCUT2D eigenvalue weighted by Gasteiger charge is -2.08. The van der Waals surface area contributed by atoms with E-state index >= 15 is 0 Å². The van der Waals surface area contributed by atoms with E-state index in [4.69, 9.17) is 15.6 Å². The summed E-state index contributed by atoms with van der Waals surface area (Å²) in [7, 11) is 0. The zero-order chi connectivity index (χ0) is 14.8. The fourth-order valence-electron chi connectivity index (χ4n) is 1.81. The first kappa shape index (κ1) is 16.2. The van der Waals surface area contributed by atoms with Crippen molar-refractivity contribution >= 4 is 12.1 Å². The molecule has 0 aromatic rings. The number of rotatable bonds is 9. The molecule has 0 saturated carbocycles. The molecule has 1 aliphatic rings. The van der Waals surface area contributed by atoms with Crippen molar-refractivity contribution in [1.29, 1.82) is 0 Å². The van der Waals surface area contributed by atoms with E-state index < -0.39 is 18.1 Å². The van der Waals surface area contributed by atoms with Crippen molar-refractivity contribution in [3.8, 4) is 0 Å². The Morgan fingerprint density at radius 3 is 2.90 bits per heavy atom. The molecule has 6 nitrogen and oxygen atoms in total. The van der Waals surface area contributed by atoms with Crippen molar-refractivity contribution in [3.05, 3.63) is 23.8 Å². The van der Waals surface area contributed by atoms with E-state index in [9.17, 15) is 9.59 Å². The van der Waals surface area contributed by atoms with Gasteiger partial charge in [-0.3, -0.25) is 4.79 Å². The summed E-state index contributed by atoms with van der Waals surface area (Å²) in [5.74, 6) is -0.993. The average molecular weight is 282 g/mol. The first-order valence-electron chi connectivity index (χ1n) is 6.84. The number of alkyl carbamates (subject to hydrolysis) is 1. The molecule has 112 valence electrons. The van der Waals surface area contributed by atoms with E-state index in [-0.39, 0.29) is 0 Å². The van der Waals surface area contributed by atoms with E-state index in [0.717, 1.165) is 12.8 Å². The van der Waals surface area contributed by atoms with Gasteiger partial charge in [-0.25, -0.2) is 4.79 Å². The monoisotopic (exact) mass is 282 g/mol. The number of aliphatic carboxylic acids is 1. The first-order chi connectivity index (χ1) is 9.59. The minimum atomic E-state index is -0.993. The number of carboxylic acids is 1. The van der Waals surface area contributed by atoms with Crippen molar-refractivity contribution in [1.82, 2.24) is 5.32 Å². The van der Waals surface area contributed by atoms with Gasteiger partial charge in [-0.05, 0) is 31.3 Å². The number of allylic oxidation sites excluding steroid dienone is 3. The fourth-order valence-corrected chi connectivity index (χ4v) is 1.81. The van der Waals surface area contributed by atoms with Crippen molar-refractivity contribution in [2.24, 2.45) is 5.73 Å². The minimum absolute atomic E-state index is 0.367. The smallest absolute Gasteiger partial charge is 0.407 e. The van der Waals surface area contributed by atoms with Crippen LogP contribution in [0, 0.1) is 0 Å². The van der Waals surface area contributed by atoms with Gasteiger partial charge in [0.25, 0.3) is 0 Å². The average Bonchev–Trinajstić information content (AvgIpc) is 2.91. The van der Waals surface area contributed by atoms with Gasteiger partial charge in [0.05, 0.1) is 6.61 Å². The predicted molar refractivity (Wildman–Crippen MR) is 75.3 cm³/mol. The second-order valence-electron chi connectivity index (χ2n) is 4.67. The van der Waals surface area contributed by atoms with Gasteiger partial charge in [-0.1, -0.05) is 18.2 Å². The van der Waals surface area contributed by atoms with Crippen LogP contribution in [0.4, 0.5) is 4.79 Å². The van der Waals surface area contributed by atoms with Crippen molar-refractivity contribution in [2.45, 2.75) is 38.1 Å². The van der Waals surface area contributed by atoms with E-state index in [1.54, 1.807) is 0 Å². The van der Waals surface area contributed by atoms with Crippen LogP contribution in [-0.2, 0) is 9.53 Å². The Morgan fingerprint density at radius 1 is 1.45 bits per heavy atom. The van der Waals surface area contributed by atoms with Gasteiger partial charge in [-0.2, -0.15) is 0 Å². The maximum absolute atomic E-state index is 11.3. The third-order valence-electron chi connectivity index (χ3n) is 3.00. The molecule has 0 aliphatic heterocycles. The molecule has 6 heteroatoms. The van der Waals surface area contributed by atoms with Gasteiger partial charge in [0, 0.05) is 13.0 Å². The molecule has 1 aliphatic carbocycles. The zero-order valence-corrected chi connectivity index (χ0v) is 11.5. The SMILES string of the molecule is N[C@@H](CCCCNC(=O)OCCC1=CCC=C1)C(=O)O. The maximum Gasteiger partial charge on any atom is 0.407 e. The largest absolute Gasteiger partial charge is 0.480 e. The van der Waals surface area contributed by atoms with Crippen LogP contribution in [0.5, 0.6) is 0 Å². The maximum atomic E-state index is 11.3. The van der Waals surface area contributed by atoms with E-state index in [2.05, 4.69) is 17.5 Å². The standard InChI is InChI=1S/C14H22N2O4/c15-12(13(17)18)7-3-4-9-16-14(19)20-10-8-11-5-1-2-6-11/h1,5-6,12H,2-4,7-10,15H2,(H,16,19)(H,17,18)/t12-/m0/s1. The molecule has 1 rings (SSSR count). The van der Waals surface area contributed by atoms with Gasteiger partial charge in [0.2, 0.25) is 0 Å². The second kappa shape index (κ2) is 9.14. The number of carbonyl (C=O) groups is 2. The Hall–Kier alpha value is -1.82. The molecule has 0 radical (unpaired) electrons. The van der Waals surface area contributed by atoms with E-state index in [0.29, 0.717) is 32.4 Å². The van der Waals surface area contributed by atoms with Crippen molar-refractivity contribution in [3.63, 3.8) is 0 Å². The van der Waals surface area contributed by atoms with Crippen LogP contribution in [-0.4, -0.2) is 36.4 Å². The number of unbranched alkanes of at least 4 members (excludes halogenated alkanes) is 1. The highest BCUT2D eigenvalue weighted by Crippen LogP contribution is 2.12. The molecule has 1 atom stereocenters. The highest BCUT2D eigenvalue weighted by Gasteiger charge is 2.10. The first-order valence-corrected chi connectivity index (χ1v) is 6.84. The van der Waals surface area contributed by atoms with Gasteiger partial charge in [-0.15, -0.1) is 0 Å². The predicted octanol–water partition coefficient (Wildman–Crippen LogP) is 1.57. The normalized spacial score (nSPS) is 14.8. The molecule has 0 saturated heterocycles. The highest BCUT2D eigenvalue weighted by atomic mass is 16.5. The molecule has 0 heterocycles. The second-order valence-corrected chi connectivity index (χ2v) is 4.67. The van der Waals surface area contributed by atoms with Gasteiger partial charge in [0.15, 0.2) is 0 Å². The van der Waals surface area contributed by atoms with Crippen LogP contribution in [0.15, 0.2) is 23.8 Å². The van der Waals surface area contributed by atoms with Crippen LogP contribution in [0.3, 0.4) is 0 Å². The number of nitrogens with two attached hydrogens (primary N) is 1. The van der Waals surface area contributed by atoms with Crippen LogP contribution >= 0.6 is 0 Å². The molecule has 1 amide bonds. The highest BCUT2D eigenvalue weighted by molar-refractivity contribution is 5.72. The molecule has 0 aromatic carbocycles. The lowest BCUT2D eigenvalue weighted by Crippen LogP contribution is -2.30. The number of hydrogen-bond acceptors (Lipinski definition) is 4. The van der Waals surface area contributed by atoms with Gasteiger partial charge in [0.1, 0.15) is 6.04 Å². The topological polar surface area (TPSA) is 102 Å². The molecule has 0 unspecified atom stereocenters. The summed E-state index contributed by atoms with van der Waals surface area (Å²) in [5, 5.41) is 11.2. The van der Waals surface area contributed by atoms with Crippen LogP contribution in [0.25, 0.3) is 0 Å². The number of hydrogen-bond donors (Lipinski definition) is 3. The molecular weight excluding hydrogens is 260 g/mol. The molecule has 0 spiro atoms. The lowest BCUT2D eigenvalue weighted by molar-refractivity contribution is -0.138. The van der Waals surface area contributed by atoms with Crippen LogP contribution in [0.2, 0.25) is 0 Å². The van der Waals surface area contributed by atoms with Crippen molar-refractivity contribution in [2.75, 3.05) is 13.2 Å². The Kier molecular flexibility index (Phi) is 7.42. The molecule has 20 heavy (non-hydrogen) atoms. The van der Waals surface area contributed by atoms with Crippen LogP contribution in [0.1, 0.15) is 32.1 Å². The molecule has 0 bridgehead atoms. The lowest BCUT2D eigenvalue weighted by atomic mass is 10.1. The number of ether oxygens (including phenoxy) is 1. The summed E-state index contributed by atoms with van der Waals surface area (Å²) >= 11 is 0. The third-order valence-corrected chi connectivity index (χ3v) is 3.00. The number of carboxylic acid groups (broad SMARTS) is 1. The number of amides is 1. The molecule has 0 aromatic heterocycles. The minimum Gasteiger partial charge on any atom is -0.480 e. The fraction of sp³-hybridized carbons (Fsp3) is 0.571. The van der Waals surface area contributed by atoms with Crippen molar-refractivity contribution < 1.29 is 19.4 Å².